The van der Waals surface area contributed by atoms with Crippen LogP contribution in [0, 0.1) is 13.8 Å². The van der Waals surface area contributed by atoms with Crippen molar-refractivity contribution in [3.8, 4) is 5.75 Å². The van der Waals surface area contributed by atoms with Crippen molar-refractivity contribution in [1.82, 2.24) is 10.3 Å². The minimum absolute atomic E-state index is 0.0214. The van der Waals surface area contributed by atoms with Crippen LogP contribution in [0.15, 0.2) is 47.3 Å². The minimum Gasteiger partial charge on any atom is -0.497 e. The Morgan fingerprint density at radius 2 is 1.93 bits per heavy atom. The second-order valence-corrected chi connectivity index (χ2v) is 7.12. The van der Waals surface area contributed by atoms with Crippen LogP contribution in [-0.4, -0.2) is 24.5 Å². The summed E-state index contributed by atoms with van der Waals surface area (Å²) < 4.78 is 5.20. The van der Waals surface area contributed by atoms with Gasteiger partial charge in [-0.2, -0.15) is 0 Å². The molecule has 1 amide bonds. The summed E-state index contributed by atoms with van der Waals surface area (Å²) in [4.78, 5) is 27.4. The Labute approximate surface area is 164 Å². The molecule has 0 aliphatic heterocycles. The van der Waals surface area contributed by atoms with E-state index in [1.165, 1.54) is 0 Å². The highest BCUT2D eigenvalue weighted by molar-refractivity contribution is 5.83. The fraction of sp³-hybridized carbons (Fsp3) is 0.304. The monoisotopic (exact) mass is 378 g/mol. The summed E-state index contributed by atoms with van der Waals surface area (Å²) in [5, 5.41) is 3.95. The molecule has 0 unspecified atom stereocenters. The Morgan fingerprint density at radius 3 is 2.71 bits per heavy atom. The molecule has 0 saturated carbocycles. The number of pyridine rings is 1. The molecule has 0 spiro atoms. The van der Waals surface area contributed by atoms with E-state index in [4.69, 9.17) is 4.74 Å². The summed E-state index contributed by atoms with van der Waals surface area (Å²) >= 11 is 0. The third kappa shape index (κ3) is 4.80. The first-order valence-electron chi connectivity index (χ1n) is 9.49. The van der Waals surface area contributed by atoms with Gasteiger partial charge < -0.3 is 15.0 Å². The summed E-state index contributed by atoms with van der Waals surface area (Å²) in [6.45, 7) is 4.49. The van der Waals surface area contributed by atoms with Crippen LogP contribution in [-0.2, 0) is 17.6 Å². The van der Waals surface area contributed by atoms with Crippen LogP contribution in [0.2, 0.25) is 0 Å². The number of rotatable bonds is 7. The Hall–Kier alpha value is -3.08. The molecular weight excluding hydrogens is 352 g/mol. The predicted octanol–water partition coefficient (Wildman–Crippen LogP) is 3.45. The Kier molecular flexibility index (Phi) is 6.14. The van der Waals surface area contributed by atoms with E-state index in [2.05, 4.69) is 16.4 Å². The van der Waals surface area contributed by atoms with Crippen LogP contribution in [0.3, 0.4) is 0 Å². The predicted molar refractivity (Wildman–Crippen MR) is 112 cm³/mol. The van der Waals surface area contributed by atoms with E-state index in [0.29, 0.717) is 31.4 Å². The van der Waals surface area contributed by atoms with Crippen molar-refractivity contribution in [2.24, 2.45) is 0 Å². The number of aromatic amines is 1. The van der Waals surface area contributed by atoms with Gasteiger partial charge in [-0.3, -0.25) is 9.59 Å². The van der Waals surface area contributed by atoms with Gasteiger partial charge in [-0.1, -0.05) is 18.2 Å². The summed E-state index contributed by atoms with van der Waals surface area (Å²) in [5.41, 5.74) is 4.77. The van der Waals surface area contributed by atoms with Gasteiger partial charge in [0.25, 0.3) is 5.56 Å². The fourth-order valence-corrected chi connectivity index (χ4v) is 3.41. The molecule has 2 aromatic carbocycles. The van der Waals surface area contributed by atoms with Gasteiger partial charge in [-0.05, 0) is 67.6 Å². The van der Waals surface area contributed by atoms with Gasteiger partial charge in [0.1, 0.15) is 5.75 Å². The molecule has 5 heteroatoms. The van der Waals surface area contributed by atoms with E-state index >= 15 is 0 Å². The first-order valence-corrected chi connectivity index (χ1v) is 9.49. The van der Waals surface area contributed by atoms with Crippen molar-refractivity contribution >= 4 is 16.8 Å². The molecule has 0 bridgehead atoms. The van der Waals surface area contributed by atoms with Crippen molar-refractivity contribution in [1.29, 1.82) is 0 Å². The lowest BCUT2D eigenvalue weighted by Gasteiger charge is -2.09. The number of hydrogen-bond donors (Lipinski definition) is 2. The summed E-state index contributed by atoms with van der Waals surface area (Å²) in [6, 6.07) is 13.7. The van der Waals surface area contributed by atoms with Crippen LogP contribution in [0.5, 0.6) is 5.75 Å². The van der Waals surface area contributed by atoms with Crippen LogP contribution in [0.1, 0.15) is 28.7 Å². The van der Waals surface area contributed by atoms with E-state index in [0.717, 1.165) is 33.3 Å². The largest absolute Gasteiger partial charge is 0.497 e. The fourth-order valence-electron chi connectivity index (χ4n) is 3.41. The van der Waals surface area contributed by atoms with E-state index < -0.39 is 0 Å². The molecule has 2 N–H and O–H groups in total. The molecule has 1 aromatic heterocycles. The quantitative estimate of drug-likeness (QED) is 0.662. The van der Waals surface area contributed by atoms with E-state index in [1.54, 1.807) is 7.11 Å². The molecule has 1 heterocycles. The number of nitrogens with one attached hydrogen (secondary N) is 2. The molecule has 5 nitrogen and oxygen atoms in total. The van der Waals surface area contributed by atoms with Gasteiger partial charge in [0.2, 0.25) is 5.91 Å². The Balaban J connectivity index is 1.56. The molecule has 0 atom stereocenters. The first-order chi connectivity index (χ1) is 13.5. The SMILES string of the molecule is COc1cccc(CCC(=O)NCCc2cc3c(C)cc(C)cc3[nH]c2=O)c1. The number of carbonyl (C=O) groups excluding carboxylic acids is 1. The average molecular weight is 378 g/mol. The minimum atomic E-state index is -0.0943. The normalized spacial score (nSPS) is 10.8. The van der Waals surface area contributed by atoms with Crippen LogP contribution < -0.4 is 15.6 Å². The summed E-state index contributed by atoms with van der Waals surface area (Å²) in [5.74, 6) is 0.769. The number of hydrogen-bond acceptors (Lipinski definition) is 3. The molecular formula is C23H26N2O3. The first kappa shape index (κ1) is 19.7. The highest BCUT2D eigenvalue weighted by atomic mass is 16.5. The number of amides is 1. The lowest BCUT2D eigenvalue weighted by molar-refractivity contribution is -0.121. The number of aryl methyl sites for hydroxylation is 3. The van der Waals surface area contributed by atoms with Gasteiger partial charge in [-0.15, -0.1) is 0 Å². The van der Waals surface area contributed by atoms with E-state index in [-0.39, 0.29) is 11.5 Å². The molecule has 0 aliphatic carbocycles. The second kappa shape index (κ2) is 8.74. The van der Waals surface area contributed by atoms with Crippen molar-refractivity contribution < 1.29 is 9.53 Å². The van der Waals surface area contributed by atoms with Crippen molar-refractivity contribution in [2.75, 3.05) is 13.7 Å². The number of ether oxygens (including phenoxy) is 1. The van der Waals surface area contributed by atoms with Crippen LogP contribution >= 0.6 is 0 Å². The topological polar surface area (TPSA) is 71.2 Å². The van der Waals surface area contributed by atoms with Crippen molar-refractivity contribution in [3.05, 3.63) is 75.1 Å². The zero-order valence-corrected chi connectivity index (χ0v) is 16.6. The lowest BCUT2D eigenvalue weighted by Crippen LogP contribution is -2.27. The molecule has 3 aromatic rings. The Morgan fingerprint density at radius 1 is 1.11 bits per heavy atom. The van der Waals surface area contributed by atoms with E-state index in [1.807, 2.05) is 50.2 Å². The zero-order valence-electron chi connectivity index (χ0n) is 16.6. The highest BCUT2D eigenvalue weighted by Crippen LogP contribution is 2.18. The maximum absolute atomic E-state index is 12.3. The summed E-state index contributed by atoms with van der Waals surface area (Å²) in [7, 11) is 1.63. The molecule has 0 saturated heterocycles. The molecule has 28 heavy (non-hydrogen) atoms. The number of H-pyrrole nitrogens is 1. The number of aromatic nitrogens is 1. The molecule has 0 fully saturated rings. The van der Waals surface area contributed by atoms with Gasteiger partial charge >= 0.3 is 0 Å². The number of benzene rings is 2. The maximum Gasteiger partial charge on any atom is 0.251 e. The molecule has 0 radical (unpaired) electrons. The van der Waals surface area contributed by atoms with Crippen LogP contribution in [0.4, 0.5) is 0 Å². The van der Waals surface area contributed by atoms with Gasteiger partial charge in [0.05, 0.1) is 7.11 Å². The van der Waals surface area contributed by atoms with Crippen LogP contribution in [0.25, 0.3) is 10.9 Å². The molecule has 3 rings (SSSR count). The third-order valence-corrected chi connectivity index (χ3v) is 4.88. The number of carbonyl (C=O) groups is 1. The van der Waals surface area contributed by atoms with Gasteiger partial charge in [-0.25, -0.2) is 0 Å². The molecule has 146 valence electrons. The van der Waals surface area contributed by atoms with Crippen molar-refractivity contribution in [3.63, 3.8) is 0 Å². The average Bonchev–Trinajstić information content (AvgIpc) is 2.67. The van der Waals surface area contributed by atoms with E-state index in [9.17, 15) is 9.59 Å². The van der Waals surface area contributed by atoms with Crippen molar-refractivity contribution in [2.45, 2.75) is 33.1 Å². The standard InChI is InChI=1S/C23H26N2O3/c1-15-11-16(2)20-14-18(23(27)25-21(20)12-15)9-10-24-22(26)8-7-17-5-4-6-19(13-17)28-3/h4-6,11-14H,7-10H2,1-3H3,(H,24,26)(H,25,27). The number of fused-ring (bicyclic) bond motifs is 1. The second-order valence-electron chi connectivity index (χ2n) is 7.12. The maximum atomic E-state index is 12.3. The number of methoxy groups -OCH3 is 1. The Bertz CT molecular complexity index is 1050. The highest BCUT2D eigenvalue weighted by Gasteiger charge is 2.07. The third-order valence-electron chi connectivity index (χ3n) is 4.88. The summed E-state index contributed by atoms with van der Waals surface area (Å²) in [6.07, 6.45) is 1.56. The zero-order chi connectivity index (χ0) is 20.1. The van der Waals surface area contributed by atoms with Gasteiger partial charge in [0.15, 0.2) is 0 Å². The lowest BCUT2D eigenvalue weighted by atomic mass is 10.0. The smallest absolute Gasteiger partial charge is 0.251 e. The van der Waals surface area contributed by atoms with Gasteiger partial charge in [0, 0.05) is 29.4 Å². The molecule has 0 aliphatic rings.